The fourth-order valence-corrected chi connectivity index (χ4v) is 2.91. The van der Waals surface area contributed by atoms with Crippen molar-refractivity contribution in [2.45, 2.75) is 33.2 Å². The molecule has 0 aliphatic heterocycles. The summed E-state index contributed by atoms with van der Waals surface area (Å²) in [5.74, 6) is -0.101. The third-order valence-electron chi connectivity index (χ3n) is 4.52. The van der Waals surface area contributed by atoms with Gasteiger partial charge in [-0.3, -0.25) is 4.79 Å². The third-order valence-corrected chi connectivity index (χ3v) is 4.52. The molecule has 3 rings (SSSR count). The first-order chi connectivity index (χ1) is 13.6. The molecule has 0 bridgehead atoms. The van der Waals surface area contributed by atoms with Gasteiger partial charge in [-0.15, -0.1) is 0 Å². The van der Waals surface area contributed by atoms with Crippen LogP contribution >= 0.6 is 0 Å². The Bertz CT molecular complexity index is 918. The minimum absolute atomic E-state index is 0.235. The van der Waals surface area contributed by atoms with Crippen LogP contribution in [0.1, 0.15) is 40.9 Å². The molecule has 3 aromatic rings. The van der Waals surface area contributed by atoms with E-state index < -0.39 is 0 Å². The molecule has 0 saturated carbocycles. The second-order valence-corrected chi connectivity index (χ2v) is 6.39. The smallest absolute Gasteiger partial charge is 0.258 e. The van der Waals surface area contributed by atoms with Crippen LogP contribution in [0.3, 0.4) is 0 Å². The second-order valence-electron chi connectivity index (χ2n) is 6.39. The molecular weight excluding hydrogens is 355 g/mol. The number of aryl methyl sites for hydroxylation is 2. The maximum Gasteiger partial charge on any atom is 0.258 e. The van der Waals surface area contributed by atoms with E-state index in [1.807, 2.05) is 18.2 Å². The van der Waals surface area contributed by atoms with Crippen molar-refractivity contribution in [2.75, 3.05) is 10.6 Å². The Morgan fingerprint density at radius 2 is 1.57 bits per heavy atom. The lowest BCUT2D eigenvalue weighted by Crippen LogP contribution is -2.16. The normalized spacial score (nSPS) is 10.5. The highest BCUT2D eigenvalue weighted by atomic mass is 19.1. The molecule has 0 atom stereocenters. The number of hydrogen-bond donors (Lipinski definition) is 2. The first-order valence-electron chi connectivity index (χ1n) is 9.33. The van der Waals surface area contributed by atoms with Gasteiger partial charge >= 0.3 is 0 Å². The Hall–Kier alpha value is -3.28. The molecule has 6 heteroatoms. The van der Waals surface area contributed by atoms with Gasteiger partial charge in [-0.05, 0) is 41.7 Å². The van der Waals surface area contributed by atoms with Crippen LogP contribution in [0.5, 0.6) is 0 Å². The predicted molar refractivity (Wildman–Crippen MR) is 109 cm³/mol. The van der Waals surface area contributed by atoms with Crippen LogP contribution in [0.25, 0.3) is 0 Å². The lowest BCUT2D eigenvalue weighted by Gasteiger charge is -2.14. The number of halogens is 1. The van der Waals surface area contributed by atoms with E-state index in [0.29, 0.717) is 18.1 Å². The number of carbonyl (C=O) groups excluding carboxylic acids is 1. The molecule has 5 nitrogen and oxygen atoms in total. The summed E-state index contributed by atoms with van der Waals surface area (Å²) in [5, 5.41) is 6.06. The monoisotopic (exact) mass is 378 g/mol. The number of aromatic nitrogens is 2. The summed E-state index contributed by atoms with van der Waals surface area (Å²) >= 11 is 0. The Labute approximate surface area is 164 Å². The van der Waals surface area contributed by atoms with E-state index in [4.69, 9.17) is 0 Å². The lowest BCUT2D eigenvalue weighted by atomic mass is 10.0. The number of carbonyl (C=O) groups is 1. The van der Waals surface area contributed by atoms with Crippen LogP contribution in [0.2, 0.25) is 0 Å². The summed E-state index contributed by atoms with van der Waals surface area (Å²) in [5.41, 5.74) is 4.38. The standard InChI is InChI=1S/C22H23FN4O/c1-3-16-6-5-7-17(4-2)20(16)27-21(28)18-13-25-22(26-14-18)24-12-15-8-10-19(23)11-9-15/h5-11,13-14H,3-4,12H2,1-2H3,(H,27,28)(H,24,25,26). The Kier molecular flexibility index (Phi) is 6.32. The molecule has 2 aromatic carbocycles. The van der Waals surface area contributed by atoms with E-state index >= 15 is 0 Å². The summed E-state index contributed by atoms with van der Waals surface area (Å²) < 4.78 is 12.9. The van der Waals surface area contributed by atoms with Gasteiger partial charge in [-0.1, -0.05) is 44.2 Å². The van der Waals surface area contributed by atoms with Crippen LogP contribution in [0.4, 0.5) is 16.0 Å². The minimum atomic E-state index is -0.272. The summed E-state index contributed by atoms with van der Waals surface area (Å²) in [6, 6.07) is 12.3. The lowest BCUT2D eigenvalue weighted by molar-refractivity contribution is 0.102. The summed E-state index contributed by atoms with van der Waals surface area (Å²) in [4.78, 5) is 21.0. The molecule has 1 amide bonds. The Balaban J connectivity index is 1.66. The molecule has 0 spiro atoms. The van der Waals surface area contributed by atoms with Crippen molar-refractivity contribution in [1.29, 1.82) is 0 Å². The van der Waals surface area contributed by atoms with Crippen molar-refractivity contribution in [3.63, 3.8) is 0 Å². The molecule has 0 saturated heterocycles. The average Bonchev–Trinajstić information content (AvgIpc) is 2.73. The van der Waals surface area contributed by atoms with Crippen LogP contribution in [-0.2, 0) is 19.4 Å². The fraction of sp³-hybridized carbons (Fsp3) is 0.227. The van der Waals surface area contributed by atoms with Gasteiger partial charge in [0.15, 0.2) is 0 Å². The van der Waals surface area contributed by atoms with E-state index in [-0.39, 0.29) is 11.7 Å². The molecule has 0 fully saturated rings. The summed E-state index contributed by atoms with van der Waals surface area (Å²) in [6.07, 6.45) is 4.67. The van der Waals surface area contributed by atoms with Crippen LogP contribution in [0.15, 0.2) is 54.9 Å². The Morgan fingerprint density at radius 1 is 0.964 bits per heavy atom. The minimum Gasteiger partial charge on any atom is -0.350 e. The molecule has 0 unspecified atom stereocenters. The fourth-order valence-electron chi connectivity index (χ4n) is 2.91. The van der Waals surface area contributed by atoms with Gasteiger partial charge in [0.1, 0.15) is 5.82 Å². The second kappa shape index (κ2) is 9.08. The molecule has 0 aliphatic carbocycles. The van der Waals surface area contributed by atoms with E-state index in [0.717, 1.165) is 35.2 Å². The third kappa shape index (κ3) is 4.71. The maximum absolute atomic E-state index is 12.9. The van der Waals surface area contributed by atoms with E-state index in [1.165, 1.54) is 24.5 Å². The number of benzene rings is 2. The van der Waals surface area contributed by atoms with Gasteiger partial charge in [0.05, 0.1) is 5.56 Å². The largest absolute Gasteiger partial charge is 0.350 e. The van der Waals surface area contributed by atoms with Crippen molar-refractivity contribution in [1.82, 2.24) is 9.97 Å². The zero-order valence-electron chi connectivity index (χ0n) is 16.0. The molecule has 144 valence electrons. The number of hydrogen-bond acceptors (Lipinski definition) is 4. The van der Waals surface area contributed by atoms with E-state index in [1.54, 1.807) is 12.1 Å². The summed E-state index contributed by atoms with van der Waals surface area (Å²) in [7, 11) is 0. The molecule has 28 heavy (non-hydrogen) atoms. The van der Waals surface area contributed by atoms with Gasteiger partial charge in [0.25, 0.3) is 5.91 Å². The number of nitrogens with zero attached hydrogens (tertiary/aromatic N) is 2. The first kappa shape index (κ1) is 19.5. The molecular formula is C22H23FN4O. The zero-order chi connectivity index (χ0) is 19.9. The Morgan fingerprint density at radius 3 is 2.14 bits per heavy atom. The van der Waals surface area contributed by atoms with Crippen molar-refractivity contribution >= 4 is 17.5 Å². The van der Waals surface area contributed by atoms with Crippen LogP contribution < -0.4 is 10.6 Å². The quantitative estimate of drug-likeness (QED) is 0.630. The average molecular weight is 378 g/mol. The van der Waals surface area contributed by atoms with Gasteiger partial charge in [0, 0.05) is 24.6 Å². The zero-order valence-corrected chi connectivity index (χ0v) is 16.0. The number of para-hydroxylation sites is 1. The number of amides is 1. The topological polar surface area (TPSA) is 66.9 Å². The highest BCUT2D eigenvalue weighted by molar-refractivity contribution is 6.04. The van der Waals surface area contributed by atoms with Crippen molar-refractivity contribution in [3.05, 3.63) is 82.9 Å². The van der Waals surface area contributed by atoms with E-state index in [9.17, 15) is 9.18 Å². The SMILES string of the molecule is CCc1cccc(CC)c1NC(=O)c1cnc(NCc2ccc(F)cc2)nc1. The number of nitrogens with one attached hydrogen (secondary N) is 2. The number of anilines is 2. The van der Waals surface area contributed by atoms with Crippen LogP contribution in [0, 0.1) is 5.82 Å². The van der Waals surface area contributed by atoms with Gasteiger partial charge in [0.2, 0.25) is 5.95 Å². The van der Waals surface area contributed by atoms with E-state index in [2.05, 4.69) is 34.4 Å². The highest BCUT2D eigenvalue weighted by Gasteiger charge is 2.12. The highest BCUT2D eigenvalue weighted by Crippen LogP contribution is 2.23. The molecule has 1 aromatic heterocycles. The maximum atomic E-state index is 12.9. The molecule has 1 heterocycles. The van der Waals surface area contributed by atoms with Crippen molar-refractivity contribution in [2.24, 2.45) is 0 Å². The first-order valence-corrected chi connectivity index (χ1v) is 9.33. The van der Waals surface area contributed by atoms with Gasteiger partial charge < -0.3 is 10.6 Å². The molecule has 0 radical (unpaired) electrons. The van der Waals surface area contributed by atoms with Gasteiger partial charge in [-0.25, -0.2) is 14.4 Å². The number of rotatable bonds is 7. The summed E-state index contributed by atoms with van der Waals surface area (Å²) in [6.45, 7) is 4.60. The predicted octanol–water partition coefficient (Wildman–Crippen LogP) is 4.60. The van der Waals surface area contributed by atoms with Crippen molar-refractivity contribution in [3.8, 4) is 0 Å². The molecule has 2 N–H and O–H groups in total. The van der Waals surface area contributed by atoms with Crippen LogP contribution in [-0.4, -0.2) is 15.9 Å². The van der Waals surface area contributed by atoms with Crippen molar-refractivity contribution < 1.29 is 9.18 Å². The molecule has 0 aliphatic rings. The van der Waals surface area contributed by atoms with Gasteiger partial charge in [-0.2, -0.15) is 0 Å².